The lowest BCUT2D eigenvalue weighted by Crippen LogP contribution is -2.13. The number of nitrogens with one attached hydrogen (secondary N) is 1. The van der Waals surface area contributed by atoms with Crippen molar-refractivity contribution in [2.45, 2.75) is 20.5 Å². The third-order valence-corrected chi connectivity index (χ3v) is 4.73. The first-order valence-corrected chi connectivity index (χ1v) is 8.47. The van der Waals surface area contributed by atoms with Gasteiger partial charge in [0.05, 0.1) is 45.1 Å². The van der Waals surface area contributed by atoms with Crippen LogP contribution in [0.25, 0.3) is 0 Å². The van der Waals surface area contributed by atoms with Crippen LogP contribution in [0.3, 0.4) is 0 Å². The Hall–Kier alpha value is -2.02. The first-order valence-electron chi connectivity index (χ1n) is 7.33. The molecule has 130 valence electrons. The molecular weight excluding hydrogens is 385 g/mol. The Morgan fingerprint density at radius 2 is 2.00 bits per heavy atom. The van der Waals surface area contributed by atoms with E-state index in [9.17, 15) is 4.79 Å². The maximum absolute atomic E-state index is 12.3. The van der Waals surface area contributed by atoms with Crippen molar-refractivity contribution in [1.29, 1.82) is 0 Å². The second-order valence-electron chi connectivity index (χ2n) is 5.47. The molecule has 9 heteroatoms. The summed E-state index contributed by atoms with van der Waals surface area (Å²) in [6.07, 6.45) is 3.25. The van der Waals surface area contributed by atoms with Crippen LogP contribution in [-0.2, 0) is 6.67 Å². The molecule has 25 heavy (non-hydrogen) atoms. The first-order chi connectivity index (χ1) is 11.8. The van der Waals surface area contributed by atoms with Crippen molar-refractivity contribution in [2.24, 2.45) is 0 Å². The predicted octanol–water partition coefficient (Wildman–Crippen LogP) is 4.41. The van der Waals surface area contributed by atoms with E-state index in [2.05, 4.69) is 15.5 Å². The van der Waals surface area contributed by atoms with Gasteiger partial charge in [0.1, 0.15) is 6.67 Å². The Morgan fingerprint density at radius 3 is 2.64 bits per heavy atom. The fraction of sp³-hybridized carbons (Fsp3) is 0.188. The maximum atomic E-state index is 12.3. The molecule has 3 aromatic rings. The van der Waals surface area contributed by atoms with E-state index >= 15 is 0 Å². The van der Waals surface area contributed by atoms with Gasteiger partial charge < -0.3 is 5.32 Å². The second-order valence-corrected chi connectivity index (χ2v) is 6.69. The quantitative estimate of drug-likeness (QED) is 0.708. The van der Waals surface area contributed by atoms with Gasteiger partial charge in [-0.15, -0.1) is 0 Å². The van der Waals surface area contributed by atoms with E-state index in [1.54, 1.807) is 33.9 Å². The molecule has 0 radical (unpaired) electrons. The van der Waals surface area contributed by atoms with Crippen LogP contribution in [0.2, 0.25) is 15.1 Å². The maximum Gasteiger partial charge on any atom is 0.257 e. The summed E-state index contributed by atoms with van der Waals surface area (Å²) in [5.41, 5.74) is 2.50. The highest BCUT2D eigenvalue weighted by atomic mass is 35.5. The molecule has 0 atom stereocenters. The van der Waals surface area contributed by atoms with Crippen LogP contribution in [0, 0.1) is 13.8 Å². The number of amides is 1. The molecule has 0 aliphatic heterocycles. The largest absolute Gasteiger partial charge is 0.319 e. The SMILES string of the molecule is Cc1nn(Cn2cc(NC(=O)c3ccc(Cl)cc3Cl)cn2)c(C)c1Cl. The third kappa shape index (κ3) is 3.81. The van der Waals surface area contributed by atoms with E-state index in [0.29, 0.717) is 28.0 Å². The molecule has 0 fully saturated rings. The van der Waals surface area contributed by atoms with Gasteiger partial charge in [0.15, 0.2) is 0 Å². The van der Waals surface area contributed by atoms with Crippen LogP contribution >= 0.6 is 34.8 Å². The molecule has 1 aromatic carbocycles. The average molecular weight is 399 g/mol. The highest BCUT2D eigenvalue weighted by Gasteiger charge is 2.13. The first kappa shape index (κ1) is 17.8. The van der Waals surface area contributed by atoms with E-state index < -0.39 is 0 Å². The van der Waals surface area contributed by atoms with Crippen molar-refractivity contribution >= 4 is 46.4 Å². The highest BCUT2D eigenvalue weighted by Crippen LogP contribution is 2.22. The number of hydrogen-bond donors (Lipinski definition) is 1. The number of anilines is 1. The van der Waals surface area contributed by atoms with Crippen molar-refractivity contribution in [3.8, 4) is 0 Å². The van der Waals surface area contributed by atoms with Gasteiger partial charge in [-0.2, -0.15) is 10.2 Å². The monoisotopic (exact) mass is 397 g/mol. The Labute approximate surface area is 159 Å². The highest BCUT2D eigenvalue weighted by molar-refractivity contribution is 6.37. The number of carbonyl (C=O) groups excluding carboxylic acids is 1. The van der Waals surface area contributed by atoms with Crippen molar-refractivity contribution in [3.63, 3.8) is 0 Å². The minimum Gasteiger partial charge on any atom is -0.319 e. The number of halogens is 3. The van der Waals surface area contributed by atoms with Gasteiger partial charge in [0, 0.05) is 5.02 Å². The molecule has 2 heterocycles. The molecule has 0 saturated heterocycles. The van der Waals surface area contributed by atoms with Crippen LogP contribution < -0.4 is 5.32 Å². The summed E-state index contributed by atoms with van der Waals surface area (Å²) in [4.78, 5) is 12.3. The molecule has 0 saturated carbocycles. The van der Waals surface area contributed by atoms with Crippen molar-refractivity contribution < 1.29 is 4.79 Å². The summed E-state index contributed by atoms with van der Waals surface area (Å²) in [7, 11) is 0. The number of nitrogens with zero attached hydrogens (tertiary/aromatic N) is 4. The molecule has 0 spiro atoms. The molecule has 1 amide bonds. The molecular formula is C16H14Cl3N5O. The normalized spacial score (nSPS) is 10.9. The minimum absolute atomic E-state index is 0.287. The lowest BCUT2D eigenvalue weighted by molar-refractivity contribution is 0.102. The second kappa shape index (κ2) is 7.07. The number of benzene rings is 1. The zero-order valence-corrected chi connectivity index (χ0v) is 15.7. The summed E-state index contributed by atoms with van der Waals surface area (Å²) < 4.78 is 3.39. The lowest BCUT2D eigenvalue weighted by Gasteiger charge is -2.05. The summed E-state index contributed by atoms with van der Waals surface area (Å²) >= 11 is 18.0. The standard InChI is InChI=1S/C16H14Cl3N5O/c1-9-15(19)10(2)24(22-9)8-23-7-12(6-20-23)21-16(25)13-4-3-11(17)5-14(13)18/h3-7H,8H2,1-2H3,(H,21,25). The van der Waals surface area contributed by atoms with Gasteiger partial charge in [-0.3, -0.25) is 4.79 Å². The summed E-state index contributed by atoms with van der Waals surface area (Å²) in [5.74, 6) is -0.338. The van der Waals surface area contributed by atoms with Gasteiger partial charge in [-0.05, 0) is 32.0 Å². The number of aromatic nitrogens is 4. The van der Waals surface area contributed by atoms with Gasteiger partial charge >= 0.3 is 0 Å². The zero-order valence-electron chi connectivity index (χ0n) is 13.4. The molecule has 1 N–H and O–H groups in total. The van der Waals surface area contributed by atoms with E-state index in [1.807, 2.05) is 13.8 Å². The van der Waals surface area contributed by atoms with Crippen molar-refractivity contribution in [3.05, 3.63) is 62.6 Å². The smallest absolute Gasteiger partial charge is 0.257 e. The van der Waals surface area contributed by atoms with E-state index in [4.69, 9.17) is 34.8 Å². The van der Waals surface area contributed by atoms with E-state index in [0.717, 1.165) is 11.4 Å². The van der Waals surface area contributed by atoms with Gasteiger partial charge in [-0.25, -0.2) is 9.36 Å². The Kier molecular flexibility index (Phi) is 5.03. The van der Waals surface area contributed by atoms with Gasteiger partial charge in [0.25, 0.3) is 5.91 Å². The Morgan fingerprint density at radius 1 is 1.24 bits per heavy atom. The molecule has 6 nitrogen and oxygen atoms in total. The van der Waals surface area contributed by atoms with Crippen LogP contribution in [0.5, 0.6) is 0 Å². The predicted molar refractivity (Wildman–Crippen MR) is 98.8 cm³/mol. The topological polar surface area (TPSA) is 64.7 Å². The third-order valence-electron chi connectivity index (χ3n) is 3.64. The molecule has 0 aliphatic carbocycles. The van der Waals surface area contributed by atoms with E-state index in [1.165, 1.54) is 6.07 Å². The molecule has 2 aromatic heterocycles. The molecule has 0 bridgehead atoms. The lowest BCUT2D eigenvalue weighted by atomic mass is 10.2. The summed E-state index contributed by atoms with van der Waals surface area (Å²) in [6.45, 7) is 4.12. The number of carbonyl (C=O) groups is 1. The fourth-order valence-corrected chi connectivity index (χ4v) is 2.96. The van der Waals surface area contributed by atoms with Gasteiger partial charge in [0.2, 0.25) is 0 Å². The molecule has 3 rings (SSSR count). The minimum atomic E-state index is -0.338. The van der Waals surface area contributed by atoms with Crippen LogP contribution in [0.1, 0.15) is 21.7 Å². The van der Waals surface area contributed by atoms with Crippen molar-refractivity contribution in [2.75, 3.05) is 5.32 Å². The Balaban J connectivity index is 1.73. The van der Waals surface area contributed by atoms with Crippen molar-refractivity contribution in [1.82, 2.24) is 19.6 Å². The number of aryl methyl sites for hydroxylation is 1. The average Bonchev–Trinajstić information content (AvgIpc) is 3.08. The summed E-state index contributed by atoms with van der Waals surface area (Å²) in [5, 5.41) is 12.7. The van der Waals surface area contributed by atoms with E-state index in [-0.39, 0.29) is 10.9 Å². The summed E-state index contributed by atoms with van der Waals surface area (Å²) in [6, 6.07) is 4.70. The van der Waals surface area contributed by atoms with Crippen LogP contribution in [-0.4, -0.2) is 25.5 Å². The molecule has 0 unspecified atom stereocenters. The van der Waals surface area contributed by atoms with Crippen LogP contribution in [0.15, 0.2) is 30.6 Å². The van der Waals surface area contributed by atoms with Gasteiger partial charge in [-0.1, -0.05) is 34.8 Å². The fourth-order valence-electron chi connectivity index (χ4n) is 2.33. The number of rotatable bonds is 4. The number of hydrogen-bond acceptors (Lipinski definition) is 3. The molecule has 0 aliphatic rings. The van der Waals surface area contributed by atoms with Crippen LogP contribution in [0.4, 0.5) is 5.69 Å². The Bertz CT molecular complexity index is 947. The zero-order chi connectivity index (χ0) is 18.1.